The first-order valence-corrected chi connectivity index (χ1v) is 4.36. The Morgan fingerprint density at radius 1 is 1.17 bits per heavy atom. The SMILES string of the molecule is NCc1cnc(N)c(OC(F)(F)F)c1C(F)(F)F. The molecule has 10 heteroatoms. The van der Waals surface area contributed by atoms with E-state index in [2.05, 4.69) is 9.72 Å². The van der Waals surface area contributed by atoms with Gasteiger partial charge in [-0.25, -0.2) is 4.98 Å². The molecule has 0 amide bonds. The van der Waals surface area contributed by atoms with Crippen LogP contribution in [0.25, 0.3) is 0 Å². The molecule has 0 saturated carbocycles. The van der Waals surface area contributed by atoms with Gasteiger partial charge in [-0.2, -0.15) is 13.2 Å². The van der Waals surface area contributed by atoms with E-state index in [1.54, 1.807) is 0 Å². The third-order valence-electron chi connectivity index (χ3n) is 1.86. The van der Waals surface area contributed by atoms with Gasteiger partial charge in [-0.1, -0.05) is 0 Å². The van der Waals surface area contributed by atoms with E-state index in [9.17, 15) is 26.3 Å². The first-order chi connectivity index (χ1) is 8.06. The van der Waals surface area contributed by atoms with Crippen LogP contribution in [0.1, 0.15) is 11.1 Å². The van der Waals surface area contributed by atoms with Crippen molar-refractivity contribution < 1.29 is 31.1 Å². The Morgan fingerprint density at radius 3 is 2.11 bits per heavy atom. The number of rotatable bonds is 2. The van der Waals surface area contributed by atoms with Crippen molar-refractivity contribution in [2.45, 2.75) is 19.1 Å². The van der Waals surface area contributed by atoms with E-state index in [4.69, 9.17) is 11.5 Å². The first-order valence-electron chi connectivity index (χ1n) is 4.36. The molecule has 0 saturated heterocycles. The predicted octanol–water partition coefficient (Wildman–Crippen LogP) is 2.04. The molecule has 0 radical (unpaired) electrons. The normalized spacial score (nSPS) is 12.6. The largest absolute Gasteiger partial charge is 0.573 e. The number of halogens is 6. The summed E-state index contributed by atoms with van der Waals surface area (Å²) in [7, 11) is 0. The Balaban J connectivity index is 3.46. The van der Waals surface area contributed by atoms with Crippen molar-refractivity contribution in [1.82, 2.24) is 4.98 Å². The Morgan fingerprint density at radius 2 is 1.72 bits per heavy atom. The highest BCUT2D eigenvalue weighted by Crippen LogP contribution is 2.42. The van der Waals surface area contributed by atoms with E-state index < -0.39 is 41.8 Å². The van der Waals surface area contributed by atoms with Gasteiger partial charge in [0.25, 0.3) is 0 Å². The Labute approximate surface area is 96.5 Å². The van der Waals surface area contributed by atoms with Gasteiger partial charge in [-0.05, 0) is 0 Å². The van der Waals surface area contributed by atoms with Crippen molar-refractivity contribution in [3.8, 4) is 5.75 Å². The number of hydrogen-bond acceptors (Lipinski definition) is 4. The predicted molar refractivity (Wildman–Crippen MR) is 48.2 cm³/mol. The summed E-state index contributed by atoms with van der Waals surface area (Å²) in [5.74, 6) is -2.60. The second-order valence-corrected chi connectivity index (χ2v) is 3.12. The zero-order chi connectivity index (χ0) is 14.1. The minimum absolute atomic E-state index is 0.643. The van der Waals surface area contributed by atoms with Gasteiger partial charge in [-0.3, -0.25) is 0 Å². The number of nitrogens with zero attached hydrogens (tertiary/aromatic N) is 1. The van der Waals surface area contributed by atoms with E-state index in [0.717, 1.165) is 0 Å². The molecular formula is C8H7F6N3O. The number of nitrogen functional groups attached to an aromatic ring is 1. The molecule has 102 valence electrons. The summed E-state index contributed by atoms with van der Waals surface area (Å²) >= 11 is 0. The number of anilines is 1. The van der Waals surface area contributed by atoms with E-state index in [1.807, 2.05) is 0 Å². The van der Waals surface area contributed by atoms with Crippen LogP contribution in [0, 0.1) is 0 Å². The third kappa shape index (κ3) is 3.15. The van der Waals surface area contributed by atoms with Gasteiger partial charge < -0.3 is 16.2 Å². The number of ether oxygens (including phenoxy) is 1. The number of nitrogens with two attached hydrogens (primary N) is 2. The monoisotopic (exact) mass is 275 g/mol. The average molecular weight is 275 g/mol. The summed E-state index contributed by atoms with van der Waals surface area (Å²) in [6.45, 7) is -0.656. The van der Waals surface area contributed by atoms with Crippen LogP contribution in [-0.4, -0.2) is 11.3 Å². The molecule has 0 spiro atoms. The molecule has 0 unspecified atom stereocenters. The summed E-state index contributed by atoms with van der Waals surface area (Å²) in [4.78, 5) is 3.18. The Hall–Kier alpha value is -1.71. The van der Waals surface area contributed by atoms with Crippen LogP contribution in [0.3, 0.4) is 0 Å². The summed E-state index contributed by atoms with van der Waals surface area (Å²) in [6.07, 6.45) is -9.75. The molecule has 0 aliphatic rings. The molecule has 4 N–H and O–H groups in total. The van der Waals surface area contributed by atoms with Gasteiger partial charge in [-0.15, -0.1) is 13.2 Å². The van der Waals surface area contributed by atoms with E-state index in [1.165, 1.54) is 0 Å². The van der Waals surface area contributed by atoms with Crippen LogP contribution < -0.4 is 16.2 Å². The number of aromatic nitrogens is 1. The lowest BCUT2D eigenvalue weighted by Gasteiger charge is -2.18. The van der Waals surface area contributed by atoms with Crippen molar-refractivity contribution in [3.63, 3.8) is 0 Å². The summed E-state index contributed by atoms with van der Waals surface area (Å²) in [5.41, 5.74) is 7.67. The van der Waals surface area contributed by atoms with Gasteiger partial charge in [0.2, 0.25) is 0 Å². The number of pyridine rings is 1. The first kappa shape index (κ1) is 14.4. The van der Waals surface area contributed by atoms with Crippen LogP contribution >= 0.6 is 0 Å². The van der Waals surface area contributed by atoms with Crippen LogP contribution in [-0.2, 0) is 12.7 Å². The number of hydrogen-bond donors (Lipinski definition) is 2. The summed E-state index contributed by atoms with van der Waals surface area (Å²) in [6, 6.07) is 0. The second kappa shape index (κ2) is 4.52. The molecule has 1 heterocycles. The molecule has 0 aliphatic heterocycles. The van der Waals surface area contributed by atoms with Crippen molar-refractivity contribution in [2.75, 3.05) is 5.73 Å². The van der Waals surface area contributed by atoms with Gasteiger partial charge in [0, 0.05) is 18.3 Å². The van der Waals surface area contributed by atoms with Gasteiger partial charge in [0.05, 0.1) is 0 Å². The quantitative estimate of drug-likeness (QED) is 0.810. The molecule has 0 atom stereocenters. The van der Waals surface area contributed by atoms with Crippen LogP contribution in [0.4, 0.5) is 32.2 Å². The highest BCUT2D eigenvalue weighted by atomic mass is 19.4. The highest BCUT2D eigenvalue weighted by molar-refractivity contribution is 5.55. The van der Waals surface area contributed by atoms with Gasteiger partial charge in [0.15, 0.2) is 11.6 Å². The lowest BCUT2D eigenvalue weighted by atomic mass is 10.1. The van der Waals surface area contributed by atoms with Crippen LogP contribution in [0.15, 0.2) is 6.20 Å². The molecule has 0 aromatic carbocycles. The molecule has 18 heavy (non-hydrogen) atoms. The lowest BCUT2D eigenvalue weighted by molar-refractivity contribution is -0.276. The fraction of sp³-hybridized carbons (Fsp3) is 0.375. The van der Waals surface area contributed by atoms with Crippen LogP contribution in [0.2, 0.25) is 0 Å². The smallest absolute Gasteiger partial charge is 0.401 e. The van der Waals surface area contributed by atoms with E-state index in [0.29, 0.717) is 6.20 Å². The molecule has 0 fully saturated rings. The summed E-state index contributed by atoms with van der Waals surface area (Å²) in [5, 5.41) is 0. The molecule has 1 aromatic heterocycles. The fourth-order valence-electron chi connectivity index (χ4n) is 1.23. The maximum Gasteiger partial charge on any atom is 0.573 e. The average Bonchev–Trinajstić information content (AvgIpc) is 2.17. The van der Waals surface area contributed by atoms with Crippen LogP contribution in [0.5, 0.6) is 5.75 Å². The van der Waals surface area contributed by atoms with Gasteiger partial charge >= 0.3 is 12.5 Å². The highest BCUT2D eigenvalue weighted by Gasteiger charge is 2.42. The zero-order valence-corrected chi connectivity index (χ0v) is 8.56. The third-order valence-corrected chi connectivity index (χ3v) is 1.86. The Bertz CT molecular complexity index is 442. The van der Waals surface area contributed by atoms with Crippen molar-refractivity contribution >= 4 is 5.82 Å². The minimum Gasteiger partial charge on any atom is -0.401 e. The Kier molecular flexibility index (Phi) is 3.60. The molecule has 1 rings (SSSR count). The second-order valence-electron chi connectivity index (χ2n) is 3.12. The van der Waals surface area contributed by atoms with Crippen molar-refractivity contribution in [3.05, 3.63) is 17.3 Å². The zero-order valence-electron chi connectivity index (χ0n) is 8.56. The molecule has 0 aliphatic carbocycles. The van der Waals surface area contributed by atoms with Crippen molar-refractivity contribution in [1.29, 1.82) is 0 Å². The van der Waals surface area contributed by atoms with Gasteiger partial charge in [0.1, 0.15) is 5.56 Å². The molecule has 1 aromatic rings. The fourth-order valence-corrected chi connectivity index (χ4v) is 1.23. The maximum atomic E-state index is 12.7. The lowest BCUT2D eigenvalue weighted by Crippen LogP contribution is -2.23. The molecule has 0 bridgehead atoms. The minimum atomic E-state index is -5.32. The maximum absolute atomic E-state index is 12.7. The number of alkyl halides is 6. The summed E-state index contributed by atoms with van der Waals surface area (Å²) < 4.78 is 77.3. The van der Waals surface area contributed by atoms with E-state index >= 15 is 0 Å². The van der Waals surface area contributed by atoms with E-state index in [-0.39, 0.29) is 0 Å². The molecular weight excluding hydrogens is 268 g/mol. The standard InChI is InChI=1S/C8H7F6N3O/c9-7(10,11)4-3(1-15)2-17-6(16)5(4)18-8(12,13)14/h2H,1,15H2,(H2,16,17). The topological polar surface area (TPSA) is 74.2 Å². The molecule has 4 nitrogen and oxygen atoms in total. The van der Waals surface area contributed by atoms with Crippen molar-refractivity contribution in [2.24, 2.45) is 5.73 Å².